The van der Waals surface area contributed by atoms with Crippen LogP contribution in [0.3, 0.4) is 0 Å². The number of rotatable bonds is 3. The fraction of sp³-hybridized carbons (Fsp3) is 0.222. The van der Waals surface area contributed by atoms with Crippen LogP contribution < -0.4 is 4.90 Å². The van der Waals surface area contributed by atoms with Gasteiger partial charge in [-0.15, -0.1) is 0 Å². The molecule has 0 aliphatic carbocycles. The van der Waals surface area contributed by atoms with E-state index >= 15 is 0 Å². The van der Waals surface area contributed by atoms with Gasteiger partial charge in [0.25, 0.3) is 0 Å². The first-order chi connectivity index (χ1) is 11.0. The molecule has 4 nitrogen and oxygen atoms in total. The summed E-state index contributed by atoms with van der Waals surface area (Å²) in [5, 5.41) is 1.12. The second-order valence-electron chi connectivity index (χ2n) is 5.73. The minimum Gasteiger partial charge on any atom is -0.350 e. The van der Waals surface area contributed by atoms with Crippen LogP contribution in [-0.4, -0.2) is 22.5 Å². The van der Waals surface area contributed by atoms with Gasteiger partial charge < -0.3 is 4.57 Å². The lowest BCUT2D eigenvalue weighted by atomic mass is 10.1. The molecule has 0 N–H and O–H groups in total. The molecule has 0 spiro atoms. The maximum Gasteiger partial charge on any atom is 0.232 e. The van der Waals surface area contributed by atoms with Gasteiger partial charge >= 0.3 is 0 Å². The van der Waals surface area contributed by atoms with Crippen molar-refractivity contribution in [2.45, 2.75) is 13.3 Å². The van der Waals surface area contributed by atoms with Crippen LogP contribution in [0, 0.1) is 6.92 Å². The Kier molecular flexibility index (Phi) is 4.22. The molecule has 1 aromatic carbocycles. The highest BCUT2D eigenvalue weighted by Crippen LogP contribution is 2.25. The number of carbonyl (C=O) groups excluding carboxylic acids is 1. The maximum atomic E-state index is 12.7. The van der Waals surface area contributed by atoms with Gasteiger partial charge in [-0.05, 0) is 46.1 Å². The highest BCUT2D eigenvalue weighted by Gasteiger charge is 2.17. The molecule has 0 saturated carbocycles. The maximum absolute atomic E-state index is 12.7. The topological polar surface area (TPSA) is 38.1 Å². The Bertz CT molecular complexity index is 885. The number of hydrogen-bond acceptors (Lipinski definition) is 2. The monoisotopic (exact) mass is 371 g/mol. The number of aryl methyl sites for hydroxylation is 2. The highest BCUT2D eigenvalue weighted by molar-refractivity contribution is 9.10. The lowest BCUT2D eigenvalue weighted by Crippen LogP contribution is -2.29. The van der Waals surface area contributed by atoms with Gasteiger partial charge in [0.1, 0.15) is 5.82 Å². The van der Waals surface area contributed by atoms with Gasteiger partial charge in [-0.1, -0.05) is 18.2 Å². The van der Waals surface area contributed by atoms with E-state index in [-0.39, 0.29) is 5.91 Å². The summed E-state index contributed by atoms with van der Waals surface area (Å²) in [7, 11) is 3.76. The largest absolute Gasteiger partial charge is 0.350 e. The van der Waals surface area contributed by atoms with Crippen LogP contribution in [0.15, 0.2) is 47.2 Å². The molecule has 5 heteroatoms. The van der Waals surface area contributed by atoms with E-state index in [1.165, 1.54) is 0 Å². The van der Waals surface area contributed by atoms with Gasteiger partial charge in [-0.25, -0.2) is 4.98 Å². The minimum absolute atomic E-state index is 0.0124. The molecule has 0 unspecified atom stereocenters. The van der Waals surface area contributed by atoms with Crippen LogP contribution in [0.5, 0.6) is 0 Å². The normalized spacial score (nSPS) is 11.0. The predicted molar refractivity (Wildman–Crippen MR) is 96.7 cm³/mol. The molecule has 1 amide bonds. The summed E-state index contributed by atoms with van der Waals surface area (Å²) in [5.74, 6) is 0.652. The van der Waals surface area contributed by atoms with Gasteiger partial charge in [-0.2, -0.15) is 0 Å². The third kappa shape index (κ3) is 3.01. The number of fused-ring (bicyclic) bond motifs is 1. The number of carbonyl (C=O) groups is 1. The quantitative estimate of drug-likeness (QED) is 0.701. The van der Waals surface area contributed by atoms with Crippen molar-refractivity contribution >= 4 is 38.6 Å². The average Bonchev–Trinajstić information content (AvgIpc) is 2.83. The molecule has 0 fully saturated rings. The van der Waals surface area contributed by atoms with Crippen molar-refractivity contribution in [3.8, 4) is 0 Å². The van der Waals surface area contributed by atoms with Crippen molar-refractivity contribution in [1.29, 1.82) is 0 Å². The fourth-order valence-electron chi connectivity index (χ4n) is 2.74. The molecule has 2 heterocycles. The molecule has 2 aromatic heterocycles. The summed E-state index contributed by atoms with van der Waals surface area (Å²) in [6.45, 7) is 1.97. The number of hydrogen-bond donors (Lipinski definition) is 0. The van der Waals surface area contributed by atoms with Crippen LogP contribution in [0.25, 0.3) is 10.9 Å². The third-order valence-corrected chi connectivity index (χ3v) is 4.55. The second-order valence-corrected chi connectivity index (χ2v) is 6.58. The van der Waals surface area contributed by atoms with E-state index in [0.717, 1.165) is 26.5 Å². The Balaban J connectivity index is 1.88. The Labute approximate surface area is 143 Å². The van der Waals surface area contributed by atoms with E-state index in [9.17, 15) is 4.79 Å². The van der Waals surface area contributed by atoms with Gasteiger partial charge in [0.2, 0.25) is 5.91 Å². The van der Waals surface area contributed by atoms with Crippen LogP contribution in [-0.2, 0) is 18.3 Å². The summed E-state index contributed by atoms with van der Waals surface area (Å²) in [5.41, 5.74) is 3.21. The Hall–Kier alpha value is -2.14. The molecule has 0 aliphatic rings. The summed E-state index contributed by atoms with van der Waals surface area (Å²) in [4.78, 5) is 18.6. The number of amides is 1. The molecule has 3 rings (SSSR count). The minimum atomic E-state index is 0.0124. The van der Waals surface area contributed by atoms with E-state index in [4.69, 9.17) is 0 Å². The first kappa shape index (κ1) is 15.7. The molecule has 0 atom stereocenters. The third-order valence-electron chi connectivity index (χ3n) is 3.97. The number of nitrogens with zero attached hydrogens (tertiary/aromatic N) is 3. The molecule has 0 aliphatic heterocycles. The van der Waals surface area contributed by atoms with Crippen LogP contribution in [0.1, 0.15) is 11.1 Å². The average molecular weight is 372 g/mol. The number of aromatic nitrogens is 2. The Morgan fingerprint density at radius 2 is 2.09 bits per heavy atom. The molecule has 3 aromatic rings. The van der Waals surface area contributed by atoms with Crippen molar-refractivity contribution < 1.29 is 4.79 Å². The fourth-order valence-corrected chi connectivity index (χ4v) is 3.47. The summed E-state index contributed by atoms with van der Waals surface area (Å²) in [6, 6.07) is 10.1. The zero-order valence-electron chi connectivity index (χ0n) is 13.4. The molecule has 0 radical (unpaired) electrons. The second kappa shape index (κ2) is 6.16. The number of pyridine rings is 1. The smallest absolute Gasteiger partial charge is 0.232 e. The van der Waals surface area contributed by atoms with E-state index in [1.54, 1.807) is 18.1 Å². The number of benzene rings is 1. The molecule has 23 heavy (non-hydrogen) atoms. The Morgan fingerprint density at radius 1 is 1.35 bits per heavy atom. The number of halogens is 1. The molecular weight excluding hydrogens is 354 g/mol. The number of para-hydroxylation sites is 1. The first-order valence-corrected chi connectivity index (χ1v) is 8.18. The summed E-state index contributed by atoms with van der Waals surface area (Å²) < 4.78 is 2.88. The molecule has 0 saturated heterocycles. The van der Waals surface area contributed by atoms with E-state index < -0.39 is 0 Å². The highest BCUT2D eigenvalue weighted by atomic mass is 79.9. The van der Waals surface area contributed by atoms with Gasteiger partial charge in [0.05, 0.1) is 10.9 Å². The van der Waals surface area contributed by atoms with Gasteiger partial charge in [0, 0.05) is 37.4 Å². The van der Waals surface area contributed by atoms with Crippen molar-refractivity contribution in [3.63, 3.8) is 0 Å². The standard InChI is InChI=1S/C18H18BrN3O/c1-12-8-15(19)18(20-10-12)22(3)17(23)9-13-11-21(2)16-7-5-4-6-14(13)16/h4-8,10-11H,9H2,1-3H3. The van der Waals surface area contributed by atoms with Gasteiger partial charge in [-0.3, -0.25) is 9.69 Å². The van der Waals surface area contributed by atoms with Crippen LogP contribution in [0.4, 0.5) is 5.82 Å². The summed E-state index contributed by atoms with van der Waals surface area (Å²) >= 11 is 3.48. The number of likely N-dealkylation sites (N-methyl/N-ethyl adjacent to an activating group) is 1. The lowest BCUT2D eigenvalue weighted by Gasteiger charge is -2.17. The van der Waals surface area contributed by atoms with Crippen molar-refractivity contribution in [1.82, 2.24) is 9.55 Å². The van der Waals surface area contributed by atoms with E-state index in [0.29, 0.717) is 12.2 Å². The molecular formula is C18H18BrN3O. The number of anilines is 1. The SMILES string of the molecule is Cc1cnc(N(C)C(=O)Cc2cn(C)c3ccccc23)c(Br)c1. The van der Waals surface area contributed by atoms with E-state index in [2.05, 4.69) is 37.6 Å². The summed E-state index contributed by atoms with van der Waals surface area (Å²) in [6.07, 6.45) is 4.13. The van der Waals surface area contributed by atoms with E-state index in [1.807, 2.05) is 38.4 Å². The van der Waals surface area contributed by atoms with Crippen molar-refractivity contribution in [2.24, 2.45) is 7.05 Å². The van der Waals surface area contributed by atoms with Gasteiger partial charge in [0.15, 0.2) is 0 Å². The van der Waals surface area contributed by atoms with Crippen LogP contribution in [0.2, 0.25) is 0 Å². The Morgan fingerprint density at radius 3 is 2.83 bits per heavy atom. The molecule has 0 bridgehead atoms. The predicted octanol–water partition coefficient (Wildman–Crippen LogP) is 3.85. The molecule has 118 valence electrons. The van der Waals surface area contributed by atoms with Crippen LogP contribution >= 0.6 is 15.9 Å². The van der Waals surface area contributed by atoms with Crippen molar-refractivity contribution in [2.75, 3.05) is 11.9 Å². The zero-order valence-corrected chi connectivity index (χ0v) is 15.0. The lowest BCUT2D eigenvalue weighted by molar-refractivity contribution is -0.117. The van der Waals surface area contributed by atoms with Crippen molar-refractivity contribution in [3.05, 3.63) is 58.3 Å². The first-order valence-electron chi connectivity index (χ1n) is 7.39. The zero-order chi connectivity index (χ0) is 16.6.